The minimum Gasteiger partial charge on any atom is -0.306 e. The molecule has 0 heterocycles. The molecule has 20 heavy (non-hydrogen) atoms. The molecule has 2 heteroatoms. The summed E-state index contributed by atoms with van der Waals surface area (Å²) in [5.41, 5.74) is 4.08. The molecule has 1 nitrogen and oxygen atoms in total. The molecule has 0 amide bonds. The van der Waals surface area contributed by atoms with Gasteiger partial charge in [-0.2, -0.15) is 0 Å². The molecule has 0 spiro atoms. The van der Waals surface area contributed by atoms with Crippen LogP contribution in [0, 0.1) is 0 Å². The molecule has 1 aliphatic rings. The monoisotopic (exact) mass is 285 g/mol. The number of nitrogens with one attached hydrogen (secondary N) is 1. The highest BCUT2D eigenvalue weighted by molar-refractivity contribution is 6.18. The van der Waals surface area contributed by atoms with Crippen molar-refractivity contribution < 1.29 is 0 Å². The summed E-state index contributed by atoms with van der Waals surface area (Å²) in [5.74, 6) is 1.20. The zero-order chi connectivity index (χ0) is 14.0. The van der Waals surface area contributed by atoms with Crippen molar-refractivity contribution in [3.63, 3.8) is 0 Å². The van der Waals surface area contributed by atoms with Crippen molar-refractivity contribution in [2.24, 2.45) is 0 Å². The molecule has 0 saturated carbocycles. The van der Waals surface area contributed by atoms with Crippen molar-refractivity contribution in [2.75, 3.05) is 12.4 Å². The van der Waals surface area contributed by atoms with Crippen LogP contribution in [0.3, 0.4) is 0 Å². The largest absolute Gasteiger partial charge is 0.306 e. The van der Waals surface area contributed by atoms with Crippen molar-refractivity contribution in [3.05, 3.63) is 71.3 Å². The number of fused-ring (bicyclic) bond motifs is 1. The lowest BCUT2D eigenvalue weighted by molar-refractivity contribution is 0.379. The molecule has 1 N–H and O–H groups in total. The summed E-state index contributed by atoms with van der Waals surface area (Å²) in [7, 11) is 0. The molecule has 1 aliphatic carbocycles. The Balaban J connectivity index is 1.69. The first-order valence-electron chi connectivity index (χ1n) is 7.17. The molecule has 2 aromatic rings. The Morgan fingerprint density at radius 2 is 1.80 bits per heavy atom. The predicted molar refractivity (Wildman–Crippen MR) is 85.4 cm³/mol. The second-order valence-electron chi connectivity index (χ2n) is 5.81. The van der Waals surface area contributed by atoms with Crippen LogP contribution >= 0.6 is 11.6 Å². The van der Waals surface area contributed by atoms with Crippen LogP contribution in [0.2, 0.25) is 0 Å². The summed E-state index contributed by atoms with van der Waals surface area (Å²) in [6.45, 7) is 3.16. The quantitative estimate of drug-likeness (QED) is 0.817. The van der Waals surface area contributed by atoms with Gasteiger partial charge in [-0.3, -0.25) is 0 Å². The van der Waals surface area contributed by atoms with E-state index >= 15 is 0 Å². The van der Waals surface area contributed by atoms with E-state index in [2.05, 4.69) is 60.8 Å². The van der Waals surface area contributed by atoms with Crippen molar-refractivity contribution in [1.82, 2.24) is 5.32 Å². The lowest BCUT2D eigenvalue weighted by Crippen LogP contribution is -2.44. The maximum atomic E-state index is 6.23. The lowest BCUT2D eigenvalue weighted by Gasteiger charge is -2.36. The first kappa shape index (κ1) is 13.7. The zero-order valence-corrected chi connectivity index (χ0v) is 12.5. The van der Waals surface area contributed by atoms with Gasteiger partial charge in [0.05, 0.1) is 5.54 Å². The van der Waals surface area contributed by atoms with E-state index in [0.717, 1.165) is 6.54 Å². The number of hydrogen-bond acceptors (Lipinski definition) is 1. The van der Waals surface area contributed by atoms with Crippen LogP contribution in [-0.2, 0) is 12.0 Å². The van der Waals surface area contributed by atoms with E-state index in [1.54, 1.807) is 0 Å². The van der Waals surface area contributed by atoms with Gasteiger partial charge in [0.25, 0.3) is 0 Å². The molecule has 2 atom stereocenters. The summed E-state index contributed by atoms with van der Waals surface area (Å²) in [5, 5.41) is 3.67. The summed E-state index contributed by atoms with van der Waals surface area (Å²) < 4.78 is 0. The van der Waals surface area contributed by atoms with Crippen LogP contribution < -0.4 is 5.32 Å². The van der Waals surface area contributed by atoms with Gasteiger partial charge in [0.2, 0.25) is 0 Å². The molecule has 0 fully saturated rings. The Morgan fingerprint density at radius 3 is 2.50 bits per heavy atom. The van der Waals surface area contributed by atoms with Gasteiger partial charge >= 0.3 is 0 Å². The van der Waals surface area contributed by atoms with Crippen LogP contribution in [0.1, 0.15) is 29.5 Å². The van der Waals surface area contributed by atoms with Gasteiger partial charge in [0.1, 0.15) is 0 Å². The summed E-state index contributed by atoms with van der Waals surface area (Å²) >= 11 is 6.23. The van der Waals surface area contributed by atoms with Crippen molar-refractivity contribution in [1.29, 1.82) is 0 Å². The Hall–Kier alpha value is -1.31. The van der Waals surface area contributed by atoms with E-state index in [-0.39, 0.29) is 5.54 Å². The van der Waals surface area contributed by atoms with Gasteiger partial charge in [-0.1, -0.05) is 54.6 Å². The second kappa shape index (κ2) is 5.59. The summed E-state index contributed by atoms with van der Waals surface area (Å²) in [6, 6.07) is 19.2. The maximum absolute atomic E-state index is 6.23. The van der Waals surface area contributed by atoms with Crippen LogP contribution in [0.4, 0.5) is 0 Å². The highest BCUT2D eigenvalue weighted by Crippen LogP contribution is 2.35. The minimum absolute atomic E-state index is 0.159. The van der Waals surface area contributed by atoms with E-state index in [1.165, 1.54) is 23.1 Å². The zero-order valence-electron chi connectivity index (χ0n) is 11.8. The number of alkyl halides is 1. The number of benzene rings is 2. The molecule has 104 valence electrons. The highest BCUT2D eigenvalue weighted by Gasteiger charge is 2.30. The molecular weight excluding hydrogens is 266 g/mol. The summed E-state index contributed by atoms with van der Waals surface area (Å²) in [6.07, 6.45) is 1.18. The summed E-state index contributed by atoms with van der Waals surface area (Å²) in [4.78, 5) is 0. The van der Waals surface area contributed by atoms with Crippen molar-refractivity contribution >= 4 is 11.6 Å². The Kier molecular flexibility index (Phi) is 3.82. The van der Waals surface area contributed by atoms with Gasteiger partial charge in [0.15, 0.2) is 0 Å². The molecule has 3 rings (SSSR count). The fourth-order valence-electron chi connectivity index (χ4n) is 2.93. The van der Waals surface area contributed by atoms with Gasteiger partial charge < -0.3 is 5.32 Å². The minimum atomic E-state index is -0.159. The van der Waals surface area contributed by atoms with Crippen molar-refractivity contribution in [2.45, 2.75) is 24.8 Å². The Morgan fingerprint density at radius 1 is 1.10 bits per heavy atom. The van der Waals surface area contributed by atoms with Crippen molar-refractivity contribution in [3.8, 4) is 0 Å². The van der Waals surface area contributed by atoms with E-state index in [9.17, 15) is 0 Å². The second-order valence-corrected chi connectivity index (χ2v) is 6.08. The first-order valence-corrected chi connectivity index (χ1v) is 7.71. The average molecular weight is 286 g/mol. The molecular formula is C18H20ClN. The van der Waals surface area contributed by atoms with Crippen LogP contribution in [-0.4, -0.2) is 12.4 Å². The molecule has 2 aromatic carbocycles. The molecule has 0 saturated heterocycles. The molecule has 0 radical (unpaired) electrons. The first-order chi connectivity index (χ1) is 9.73. The van der Waals surface area contributed by atoms with Crippen LogP contribution in [0.5, 0.6) is 0 Å². The lowest BCUT2D eigenvalue weighted by atomic mass is 9.77. The topological polar surface area (TPSA) is 12.0 Å². The third-order valence-electron chi connectivity index (χ3n) is 4.38. The van der Waals surface area contributed by atoms with E-state index in [0.29, 0.717) is 11.8 Å². The van der Waals surface area contributed by atoms with Gasteiger partial charge in [0, 0.05) is 18.3 Å². The van der Waals surface area contributed by atoms with E-state index < -0.39 is 0 Å². The maximum Gasteiger partial charge on any atom is 0.0543 e. The fourth-order valence-corrected chi connectivity index (χ4v) is 3.17. The number of halogens is 1. The smallest absolute Gasteiger partial charge is 0.0543 e. The fraction of sp³-hybridized carbons (Fsp3) is 0.333. The number of hydrogen-bond donors (Lipinski definition) is 1. The molecule has 0 bridgehead atoms. The number of rotatable bonds is 5. The van der Waals surface area contributed by atoms with E-state index in [1.807, 2.05) is 6.07 Å². The molecule has 0 aliphatic heterocycles. The SMILES string of the molecule is CC(CCl)(NCC1Cc2ccccc21)c1ccccc1. The standard InChI is InChI=1S/C18H20ClN/c1-18(13-19,16-8-3-2-4-9-16)20-12-15-11-14-7-5-6-10-17(14)15/h2-10,15,20H,11-13H2,1H3. The van der Waals surface area contributed by atoms with Gasteiger partial charge in [-0.15, -0.1) is 11.6 Å². The van der Waals surface area contributed by atoms with E-state index in [4.69, 9.17) is 11.6 Å². The Bertz CT molecular complexity index is 581. The third kappa shape index (κ3) is 2.48. The third-order valence-corrected chi connectivity index (χ3v) is 4.91. The van der Waals surface area contributed by atoms with Gasteiger partial charge in [-0.25, -0.2) is 0 Å². The predicted octanol–water partition coefficient (Wildman–Crippen LogP) is 4.07. The van der Waals surface area contributed by atoms with Crippen LogP contribution in [0.25, 0.3) is 0 Å². The average Bonchev–Trinajstić information content (AvgIpc) is 2.49. The molecule has 0 aromatic heterocycles. The highest BCUT2D eigenvalue weighted by atomic mass is 35.5. The Labute approximate surface area is 126 Å². The van der Waals surface area contributed by atoms with Gasteiger partial charge in [-0.05, 0) is 30.0 Å². The van der Waals surface area contributed by atoms with Crippen LogP contribution in [0.15, 0.2) is 54.6 Å². The molecule has 2 unspecified atom stereocenters. The normalized spacial score (nSPS) is 19.8.